The van der Waals surface area contributed by atoms with Crippen molar-refractivity contribution in [1.29, 1.82) is 5.26 Å². The van der Waals surface area contributed by atoms with E-state index in [0.29, 0.717) is 11.3 Å². The van der Waals surface area contributed by atoms with Crippen LogP contribution in [0, 0.1) is 11.3 Å². The van der Waals surface area contributed by atoms with Crippen molar-refractivity contribution in [2.45, 2.75) is 26.8 Å². The number of hydrogen-bond acceptors (Lipinski definition) is 4. The number of carbonyl (C=O) groups is 2. The Kier molecular flexibility index (Phi) is 12.9. The summed E-state index contributed by atoms with van der Waals surface area (Å²) < 4.78 is 19.0. The maximum atomic E-state index is 13.4. The van der Waals surface area contributed by atoms with Gasteiger partial charge in [-0.1, -0.05) is 30.9 Å². The van der Waals surface area contributed by atoms with Crippen LogP contribution >= 0.6 is 0 Å². The van der Waals surface area contributed by atoms with Crippen LogP contribution < -0.4 is 10.6 Å². The molecule has 0 saturated heterocycles. The van der Waals surface area contributed by atoms with E-state index in [0.717, 1.165) is 0 Å². The second kappa shape index (κ2) is 14.7. The highest BCUT2D eigenvalue weighted by Gasteiger charge is 2.17. The maximum Gasteiger partial charge on any atom is 0.257 e. The molecule has 0 rings (SSSR count). The molecule has 0 fully saturated rings. The second-order valence-corrected chi connectivity index (χ2v) is 5.57. The summed E-state index contributed by atoms with van der Waals surface area (Å²) in [4.78, 5) is 22.7. The number of amides is 2. The fraction of sp³-hybridized carbons (Fsp3) is 0.286. The normalized spacial score (nSPS) is 13.9. The molecule has 0 aliphatic heterocycles. The van der Waals surface area contributed by atoms with E-state index in [9.17, 15) is 14.0 Å². The fourth-order valence-corrected chi connectivity index (χ4v) is 1.80. The lowest BCUT2D eigenvalue weighted by Gasteiger charge is -2.09. The summed E-state index contributed by atoms with van der Waals surface area (Å²) in [5.41, 5.74) is 0.697. The topological polar surface area (TPSA) is 91.2 Å². The zero-order chi connectivity index (χ0) is 21.4. The van der Waals surface area contributed by atoms with E-state index in [2.05, 4.69) is 17.2 Å². The summed E-state index contributed by atoms with van der Waals surface area (Å²) in [6.07, 6.45) is 12.5. The lowest BCUT2D eigenvalue weighted by molar-refractivity contribution is -0.126. The highest BCUT2D eigenvalue weighted by Crippen LogP contribution is 2.08. The van der Waals surface area contributed by atoms with Gasteiger partial charge in [-0.2, -0.15) is 5.26 Å². The van der Waals surface area contributed by atoms with Crippen LogP contribution in [0.15, 0.2) is 72.3 Å². The van der Waals surface area contributed by atoms with Crippen LogP contribution in [0.3, 0.4) is 0 Å². The first-order chi connectivity index (χ1) is 13.3. The molecule has 0 radical (unpaired) electrons. The molecular weight excluding hydrogens is 361 g/mol. The molecule has 0 aliphatic rings. The Hall–Kier alpha value is -3.40. The number of halogens is 1. The number of nitrogens with one attached hydrogen (secondary N) is 2. The van der Waals surface area contributed by atoms with Crippen molar-refractivity contribution < 1.29 is 18.7 Å². The first-order valence-corrected chi connectivity index (χ1v) is 8.56. The first kappa shape index (κ1) is 24.6. The number of rotatable bonds is 11. The van der Waals surface area contributed by atoms with Gasteiger partial charge in [0.2, 0.25) is 5.91 Å². The maximum absolute atomic E-state index is 13.4. The molecule has 0 aliphatic carbocycles. The largest absolute Gasteiger partial charge is 0.489 e. The Labute approximate surface area is 165 Å². The van der Waals surface area contributed by atoms with Crippen molar-refractivity contribution in [3.63, 3.8) is 0 Å². The van der Waals surface area contributed by atoms with E-state index in [1.807, 2.05) is 6.92 Å². The summed E-state index contributed by atoms with van der Waals surface area (Å²) in [5, 5.41) is 13.6. The van der Waals surface area contributed by atoms with Gasteiger partial charge < -0.3 is 15.4 Å². The van der Waals surface area contributed by atoms with Crippen LogP contribution in [0.2, 0.25) is 0 Å². The molecule has 2 amide bonds. The van der Waals surface area contributed by atoms with E-state index in [1.165, 1.54) is 25.2 Å². The molecule has 0 heterocycles. The van der Waals surface area contributed by atoms with Gasteiger partial charge in [0.1, 0.15) is 18.2 Å². The zero-order valence-corrected chi connectivity index (χ0v) is 16.4. The van der Waals surface area contributed by atoms with Crippen LogP contribution in [0.1, 0.15) is 20.8 Å². The Morgan fingerprint density at radius 1 is 1.32 bits per heavy atom. The van der Waals surface area contributed by atoms with E-state index in [-0.39, 0.29) is 13.2 Å². The lowest BCUT2D eigenvalue weighted by Crippen LogP contribution is -2.45. The molecule has 0 aromatic rings. The monoisotopic (exact) mass is 387 g/mol. The molecule has 1 unspecified atom stereocenters. The number of nitrogens with zero attached hydrogens (tertiary/aromatic N) is 1. The third-order valence-corrected chi connectivity index (χ3v) is 2.99. The number of ether oxygens (including phenoxy) is 1. The van der Waals surface area contributed by atoms with Gasteiger partial charge in [-0.15, -0.1) is 0 Å². The summed E-state index contributed by atoms with van der Waals surface area (Å²) in [6.45, 7) is 8.62. The summed E-state index contributed by atoms with van der Waals surface area (Å²) in [7, 11) is 0. The molecule has 7 heteroatoms. The number of allylic oxidation sites excluding steroid dienone is 8. The van der Waals surface area contributed by atoms with Gasteiger partial charge in [0.05, 0.1) is 6.07 Å². The molecule has 6 nitrogen and oxygen atoms in total. The molecule has 2 N–H and O–H groups in total. The van der Waals surface area contributed by atoms with Gasteiger partial charge in [-0.05, 0) is 43.7 Å². The smallest absolute Gasteiger partial charge is 0.257 e. The predicted octanol–water partition coefficient (Wildman–Crippen LogP) is 3.15. The van der Waals surface area contributed by atoms with Crippen LogP contribution in [-0.4, -0.2) is 31.0 Å². The lowest BCUT2D eigenvalue weighted by atomic mass is 10.2. The van der Waals surface area contributed by atoms with Crippen LogP contribution in [0.4, 0.5) is 4.39 Å². The minimum Gasteiger partial charge on any atom is -0.489 e. The van der Waals surface area contributed by atoms with Crippen molar-refractivity contribution in [2.24, 2.45) is 0 Å². The van der Waals surface area contributed by atoms with Crippen molar-refractivity contribution >= 4 is 11.8 Å². The van der Waals surface area contributed by atoms with Crippen molar-refractivity contribution in [1.82, 2.24) is 10.6 Å². The van der Waals surface area contributed by atoms with E-state index in [1.54, 1.807) is 43.4 Å². The van der Waals surface area contributed by atoms with Crippen molar-refractivity contribution in [2.75, 3.05) is 13.2 Å². The highest BCUT2D eigenvalue weighted by molar-refractivity contribution is 5.89. The molecular formula is C21H26FN3O3. The molecule has 0 aromatic heterocycles. The number of carbonyl (C=O) groups excluding carboxylic acids is 2. The van der Waals surface area contributed by atoms with Gasteiger partial charge in [-0.3, -0.25) is 9.59 Å². The molecule has 0 bridgehead atoms. The minimum absolute atomic E-state index is 0.173. The van der Waals surface area contributed by atoms with Crippen LogP contribution in [0.25, 0.3) is 0 Å². The van der Waals surface area contributed by atoms with E-state index in [4.69, 9.17) is 10.00 Å². The standard InChI is InChI=1S/C21H26FN3O3/c1-5-9-18(22)13-16(3)15-28-19(10-6-2)11-7-8-12-24-21(27)20(14-23)25-17(4)26/h5-11,13,20H,1,12,15H2,2-4H3,(H,24,27)(H,25,26)/b8-7+,10-6-,16-13+,18-9+,19-11+. The number of nitriles is 1. The van der Waals surface area contributed by atoms with Crippen molar-refractivity contribution in [3.05, 3.63) is 72.3 Å². The second-order valence-electron chi connectivity index (χ2n) is 5.57. The van der Waals surface area contributed by atoms with Gasteiger partial charge in [0, 0.05) is 13.5 Å². The third kappa shape index (κ3) is 12.0. The average Bonchev–Trinajstić information content (AvgIpc) is 2.63. The Morgan fingerprint density at radius 3 is 2.61 bits per heavy atom. The molecule has 1 atom stereocenters. The van der Waals surface area contributed by atoms with Gasteiger partial charge >= 0.3 is 0 Å². The summed E-state index contributed by atoms with van der Waals surface area (Å²) in [5.74, 6) is -0.901. The van der Waals surface area contributed by atoms with Crippen LogP contribution in [-0.2, 0) is 14.3 Å². The average molecular weight is 387 g/mol. The van der Waals surface area contributed by atoms with Crippen LogP contribution in [0.5, 0.6) is 0 Å². The predicted molar refractivity (Wildman–Crippen MR) is 107 cm³/mol. The zero-order valence-electron chi connectivity index (χ0n) is 16.4. The summed E-state index contributed by atoms with van der Waals surface area (Å²) in [6, 6.07) is 0.479. The Balaban J connectivity index is 4.67. The molecule has 0 saturated carbocycles. The minimum atomic E-state index is -1.23. The van der Waals surface area contributed by atoms with Crippen molar-refractivity contribution in [3.8, 4) is 6.07 Å². The van der Waals surface area contributed by atoms with Gasteiger partial charge in [0.15, 0.2) is 6.04 Å². The first-order valence-electron chi connectivity index (χ1n) is 8.56. The van der Waals surface area contributed by atoms with E-state index < -0.39 is 23.7 Å². The molecule has 150 valence electrons. The van der Waals surface area contributed by atoms with E-state index >= 15 is 0 Å². The Morgan fingerprint density at radius 2 is 2.04 bits per heavy atom. The molecule has 28 heavy (non-hydrogen) atoms. The SMILES string of the molecule is C=C/C=C(F)\C=C(/C)COC(/C=C\C)=C/C=C/CNC(=O)C(C#N)NC(C)=O. The summed E-state index contributed by atoms with van der Waals surface area (Å²) >= 11 is 0. The molecule has 0 aromatic carbocycles. The fourth-order valence-electron chi connectivity index (χ4n) is 1.80. The third-order valence-electron chi connectivity index (χ3n) is 2.99. The number of hydrogen-bond donors (Lipinski definition) is 2. The highest BCUT2D eigenvalue weighted by atomic mass is 19.1. The molecule has 0 spiro atoms. The quantitative estimate of drug-likeness (QED) is 0.421. The Bertz CT molecular complexity index is 740. The van der Waals surface area contributed by atoms with Gasteiger partial charge in [-0.25, -0.2) is 4.39 Å². The van der Waals surface area contributed by atoms with Gasteiger partial charge in [0.25, 0.3) is 5.91 Å².